The molecule has 0 amide bonds. The van der Waals surface area contributed by atoms with Crippen LogP contribution in [0.2, 0.25) is 0 Å². The van der Waals surface area contributed by atoms with E-state index in [0.717, 1.165) is 41.1 Å². The molecular weight excluding hydrogens is 346 g/mol. The van der Waals surface area contributed by atoms with Gasteiger partial charge in [-0.05, 0) is 12.1 Å². The van der Waals surface area contributed by atoms with Gasteiger partial charge in [-0.25, -0.2) is 4.98 Å². The van der Waals surface area contributed by atoms with Crippen molar-refractivity contribution in [1.82, 2.24) is 30.2 Å². The Morgan fingerprint density at radius 3 is 2.81 bits per heavy atom. The zero-order valence-electron chi connectivity index (χ0n) is 15.7. The Morgan fingerprint density at radius 1 is 1.23 bits per heavy atom. The molecule has 8 heteroatoms. The van der Waals surface area contributed by atoms with Crippen LogP contribution in [0.25, 0.3) is 5.65 Å². The second-order valence-electron chi connectivity index (χ2n) is 7.02. The second kappa shape index (κ2) is 7.82. The van der Waals surface area contributed by atoms with E-state index in [1.54, 1.807) is 18.4 Å². The number of thiazole rings is 1. The maximum absolute atomic E-state index is 4.72. The molecule has 26 heavy (non-hydrogen) atoms. The molecule has 0 fully saturated rings. The number of fused-ring (bicyclic) bond motifs is 1. The molecule has 0 spiro atoms. The summed E-state index contributed by atoms with van der Waals surface area (Å²) in [7, 11) is 1.76. The average molecular weight is 372 g/mol. The highest BCUT2D eigenvalue weighted by atomic mass is 32.1. The summed E-state index contributed by atoms with van der Waals surface area (Å²) in [6.45, 7) is 7.88. The van der Waals surface area contributed by atoms with E-state index in [-0.39, 0.29) is 5.41 Å². The summed E-state index contributed by atoms with van der Waals surface area (Å²) in [6, 6.07) is 5.85. The van der Waals surface area contributed by atoms with Gasteiger partial charge in [0.05, 0.1) is 17.2 Å². The summed E-state index contributed by atoms with van der Waals surface area (Å²) in [6.07, 6.45) is 2.83. The molecule has 3 aromatic heterocycles. The van der Waals surface area contributed by atoms with Gasteiger partial charge in [0, 0.05) is 37.0 Å². The predicted molar refractivity (Wildman–Crippen MR) is 106 cm³/mol. The average Bonchev–Trinajstić information content (AvgIpc) is 3.25. The van der Waals surface area contributed by atoms with Gasteiger partial charge in [0.2, 0.25) is 0 Å². The van der Waals surface area contributed by atoms with Crippen LogP contribution in [0.3, 0.4) is 0 Å². The molecule has 0 saturated carbocycles. The first-order chi connectivity index (χ1) is 12.5. The number of nitrogens with one attached hydrogen (secondary N) is 2. The van der Waals surface area contributed by atoms with E-state index in [2.05, 4.69) is 52.0 Å². The quantitative estimate of drug-likeness (QED) is 0.532. The van der Waals surface area contributed by atoms with E-state index < -0.39 is 0 Å². The highest BCUT2D eigenvalue weighted by molar-refractivity contribution is 7.09. The van der Waals surface area contributed by atoms with E-state index in [4.69, 9.17) is 4.98 Å². The molecule has 0 aliphatic carbocycles. The van der Waals surface area contributed by atoms with Crippen LogP contribution in [0.15, 0.2) is 34.8 Å². The van der Waals surface area contributed by atoms with Crippen molar-refractivity contribution >= 4 is 22.9 Å². The van der Waals surface area contributed by atoms with Gasteiger partial charge in [0.1, 0.15) is 0 Å². The standard InChI is InChI=1S/C18H25N7S/c1-18(2,3)13-12-26-16(22-13)8-9-20-17(19-4)21-11-15-24-23-14-7-5-6-10-25(14)15/h5-7,10,12H,8-9,11H2,1-4H3,(H2,19,20,21). The summed E-state index contributed by atoms with van der Waals surface area (Å²) in [5, 5.41) is 18.3. The van der Waals surface area contributed by atoms with Crippen molar-refractivity contribution in [2.24, 2.45) is 4.99 Å². The van der Waals surface area contributed by atoms with E-state index in [9.17, 15) is 0 Å². The molecule has 3 aromatic rings. The highest BCUT2D eigenvalue weighted by Crippen LogP contribution is 2.23. The third-order valence-corrected chi connectivity index (χ3v) is 4.88. The van der Waals surface area contributed by atoms with E-state index in [0.29, 0.717) is 6.54 Å². The van der Waals surface area contributed by atoms with E-state index >= 15 is 0 Å². The molecule has 0 unspecified atom stereocenters. The fraction of sp³-hybridized carbons (Fsp3) is 0.444. The lowest BCUT2D eigenvalue weighted by atomic mass is 9.93. The van der Waals surface area contributed by atoms with Gasteiger partial charge in [0.15, 0.2) is 17.4 Å². The molecule has 0 aliphatic heterocycles. The number of rotatable bonds is 5. The summed E-state index contributed by atoms with van der Waals surface area (Å²) in [5.41, 5.74) is 2.09. The van der Waals surface area contributed by atoms with Crippen molar-refractivity contribution in [2.45, 2.75) is 39.2 Å². The molecule has 138 valence electrons. The first kappa shape index (κ1) is 18.3. The largest absolute Gasteiger partial charge is 0.356 e. The maximum Gasteiger partial charge on any atom is 0.191 e. The minimum absolute atomic E-state index is 0.0980. The molecule has 0 saturated heterocycles. The Bertz CT molecular complexity index is 888. The fourth-order valence-corrected chi connectivity index (χ4v) is 3.48. The minimum Gasteiger partial charge on any atom is -0.356 e. The Kier molecular flexibility index (Phi) is 5.51. The predicted octanol–water partition coefficient (Wildman–Crippen LogP) is 2.39. The molecule has 0 aromatic carbocycles. The number of aliphatic imine (C=N–C) groups is 1. The summed E-state index contributed by atoms with van der Waals surface area (Å²) >= 11 is 1.72. The van der Waals surface area contributed by atoms with Crippen molar-refractivity contribution in [3.63, 3.8) is 0 Å². The fourth-order valence-electron chi connectivity index (χ4n) is 2.45. The van der Waals surface area contributed by atoms with Crippen molar-refractivity contribution in [3.8, 4) is 0 Å². The first-order valence-corrected chi connectivity index (χ1v) is 9.53. The van der Waals surface area contributed by atoms with Crippen LogP contribution in [0, 0.1) is 0 Å². The zero-order valence-corrected chi connectivity index (χ0v) is 16.5. The SMILES string of the molecule is CN=C(NCCc1nc(C(C)(C)C)cs1)NCc1nnc2ccccn12. The van der Waals surface area contributed by atoms with E-state index in [1.165, 1.54) is 0 Å². The van der Waals surface area contributed by atoms with E-state index in [1.807, 2.05) is 28.8 Å². The van der Waals surface area contributed by atoms with Crippen LogP contribution in [0.1, 0.15) is 37.3 Å². The third kappa shape index (κ3) is 4.37. The smallest absolute Gasteiger partial charge is 0.191 e. The van der Waals surface area contributed by atoms with Crippen LogP contribution >= 0.6 is 11.3 Å². The maximum atomic E-state index is 4.72. The molecular formula is C18H25N7S. The monoisotopic (exact) mass is 371 g/mol. The number of nitrogens with zero attached hydrogens (tertiary/aromatic N) is 5. The van der Waals surface area contributed by atoms with Gasteiger partial charge in [-0.1, -0.05) is 26.8 Å². The van der Waals surface area contributed by atoms with Crippen LogP contribution in [-0.4, -0.2) is 39.1 Å². The summed E-state index contributed by atoms with van der Waals surface area (Å²) in [5.74, 6) is 1.59. The third-order valence-electron chi connectivity index (χ3n) is 3.97. The molecule has 3 heterocycles. The Balaban J connectivity index is 1.50. The van der Waals surface area contributed by atoms with Crippen LogP contribution in [-0.2, 0) is 18.4 Å². The summed E-state index contributed by atoms with van der Waals surface area (Å²) < 4.78 is 1.96. The molecule has 0 bridgehead atoms. The Hall–Kier alpha value is -2.48. The zero-order chi connectivity index (χ0) is 18.6. The topological polar surface area (TPSA) is 79.5 Å². The van der Waals surface area contributed by atoms with Crippen molar-refractivity contribution in [2.75, 3.05) is 13.6 Å². The van der Waals surface area contributed by atoms with Crippen LogP contribution in [0.5, 0.6) is 0 Å². The normalized spacial score (nSPS) is 12.5. The molecule has 3 rings (SSSR count). The van der Waals surface area contributed by atoms with Gasteiger partial charge in [0.25, 0.3) is 0 Å². The van der Waals surface area contributed by atoms with Gasteiger partial charge >= 0.3 is 0 Å². The minimum atomic E-state index is 0.0980. The number of guanidine groups is 1. The number of hydrogen-bond donors (Lipinski definition) is 2. The lowest BCUT2D eigenvalue weighted by molar-refractivity contribution is 0.570. The van der Waals surface area contributed by atoms with Crippen LogP contribution < -0.4 is 10.6 Å². The van der Waals surface area contributed by atoms with Crippen molar-refractivity contribution < 1.29 is 0 Å². The van der Waals surface area contributed by atoms with Crippen LogP contribution in [0.4, 0.5) is 0 Å². The van der Waals surface area contributed by atoms with Gasteiger partial charge in [-0.2, -0.15) is 0 Å². The lowest BCUT2D eigenvalue weighted by Crippen LogP contribution is -2.38. The number of hydrogen-bond acceptors (Lipinski definition) is 5. The highest BCUT2D eigenvalue weighted by Gasteiger charge is 2.17. The molecule has 2 N–H and O–H groups in total. The van der Waals surface area contributed by atoms with Crippen molar-refractivity contribution in [1.29, 1.82) is 0 Å². The number of pyridine rings is 1. The molecule has 0 atom stereocenters. The molecule has 7 nitrogen and oxygen atoms in total. The molecule has 0 radical (unpaired) electrons. The Morgan fingerprint density at radius 2 is 2.08 bits per heavy atom. The lowest BCUT2D eigenvalue weighted by Gasteiger charge is -2.14. The van der Waals surface area contributed by atoms with Crippen molar-refractivity contribution in [3.05, 3.63) is 46.3 Å². The van der Waals surface area contributed by atoms with Gasteiger partial charge in [-0.3, -0.25) is 9.39 Å². The van der Waals surface area contributed by atoms with Gasteiger partial charge < -0.3 is 10.6 Å². The second-order valence-corrected chi connectivity index (χ2v) is 7.97. The van der Waals surface area contributed by atoms with Gasteiger partial charge in [-0.15, -0.1) is 21.5 Å². The summed E-state index contributed by atoms with van der Waals surface area (Å²) in [4.78, 5) is 8.98. The Labute approximate surface area is 157 Å². The number of aromatic nitrogens is 4. The first-order valence-electron chi connectivity index (χ1n) is 8.65. The molecule has 0 aliphatic rings.